The van der Waals surface area contributed by atoms with Crippen molar-refractivity contribution in [2.24, 2.45) is 0 Å². The number of rotatable bonds is 3. The van der Waals surface area contributed by atoms with Gasteiger partial charge in [-0.15, -0.1) is 0 Å². The Morgan fingerprint density at radius 3 is 2.14 bits per heavy atom. The van der Waals surface area contributed by atoms with Gasteiger partial charge in [-0.1, -0.05) is 30.3 Å². The first-order chi connectivity index (χ1) is 10.5. The molecule has 3 rings (SSSR count). The number of Topliss-reactive ketones (excluding diaryl/α,β-unsaturated/α-hetero) is 1. The molecule has 0 aromatic heterocycles. The highest BCUT2D eigenvalue weighted by atomic mass is 32.2. The van der Waals surface area contributed by atoms with E-state index in [0.717, 1.165) is 11.8 Å². The van der Waals surface area contributed by atoms with Crippen LogP contribution in [0.4, 0.5) is 0 Å². The minimum absolute atomic E-state index is 0.00733. The number of sulfone groups is 1. The standard InChI is InChI=1S/C17H14O4S/c1-22(19,20)14-9-7-13(8-10-14)17-16(15(18)11-21-17)12-5-3-2-4-6-12/h2-10H,11H2,1H3. The Labute approximate surface area is 129 Å². The summed E-state index contributed by atoms with van der Waals surface area (Å²) in [4.78, 5) is 12.3. The maximum absolute atomic E-state index is 12.1. The van der Waals surface area contributed by atoms with E-state index in [-0.39, 0.29) is 17.3 Å². The molecule has 0 bridgehead atoms. The van der Waals surface area contributed by atoms with E-state index in [1.54, 1.807) is 12.1 Å². The molecule has 1 aliphatic heterocycles. The van der Waals surface area contributed by atoms with Crippen LogP contribution in [0.25, 0.3) is 11.3 Å². The predicted octanol–water partition coefficient (Wildman–Crippen LogP) is 2.56. The van der Waals surface area contributed by atoms with Crippen LogP contribution in [-0.4, -0.2) is 27.1 Å². The van der Waals surface area contributed by atoms with Crippen LogP contribution in [0.3, 0.4) is 0 Å². The van der Waals surface area contributed by atoms with Crippen molar-refractivity contribution in [2.75, 3.05) is 12.9 Å². The van der Waals surface area contributed by atoms with Gasteiger partial charge < -0.3 is 4.74 Å². The van der Waals surface area contributed by atoms with Gasteiger partial charge in [-0.25, -0.2) is 8.42 Å². The maximum atomic E-state index is 12.1. The number of hydrogen-bond donors (Lipinski definition) is 0. The average Bonchev–Trinajstić information content (AvgIpc) is 2.89. The largest absolute Gasteiger partial charge is 0.484 e. The molecule has 2 aromatic carbocycles. The number of carbonyl (C=O) groups is 1. The van der Waals surface area contributed by atoms with Crippen LogP contribution in [0.5, 0.6) is 0 Å². The molecule has 1 heterocycles. The smallest absolute Gasteiger partial charge is 0.204 e. The SMILES string of the molecule is CS(=O)(=O)c1ccc(C2=C(c3ccccc3)C(=O)CO2)cc1. The summed E-state index contributed by atoms with van der Waals surface area (Å²) in [5, 5.41) is 0. The van der Waals surface area contributed by atoms with Crippen molar-refractivity contribution >= 4 is 27.0 Å². The number of benzene rings is 2. The summed E-state index contributed by atoms with van der Waals surface area (Å²) >= 11 is 0. The van der Waals surface area contributed by atoms with E-state index in [9.17, 15) is 13.2 Å². The zero-order valence-corrected chi connectivity index (χ0v) is 12.8. The normalized spacial score (nSPS) is 15.0. The van der Waals surface area contributed by atoms with Gasteiger partial charge in [0, 0.05) is 11.8 Å². The lowest BCUT2D eigenvalue weighted by Crippen LogP contribution is -2.00. The minimum atomic E-state index is -3.24. The van der Waals surface area contributed by atoms with Crippen molar-refractivity contribution in [1.29, 1.82) is 0 Å². The molecule has 0 saturated heterocycles. The molecule has 0 aliphatic carbocycles. The summed E-state index contributed by atoms with van der Waals surface area (Å²) in [6.45, 7) is 0.00733. The highest BCUT2D eigenvalue weighted by molar-refractivity contribution is 7.90. The third-order valence-corrected chi connectivity index (χ3v) is 4.59. The summed E-state index contributed by atoms with van der Waals surface area (Å²) in [6, 6.07) is 15.7. The second kappa shape index (κ2) is 5.42. The minimum Gasteiger partial charge on any atom is -0.484 e. The van der Waals surface area contributed by atoms with Gasteiger partial charge >= 0.3 is 0 Å². The van der Waals surface area contributed by atoms with Crippen LogP contribution in [-0.2, 0) is 19.4 Å². The van der Waals surface area contributed by atoms with Crippen LogP contribution in [0.1, 0.15) is 11.1 Å². The molecule has 0 fully saturated rings. The lowest BCUT2D eigenvalue weighted by atomic mass is 9.99. The van der Waals surface area contributed by atoms with E-state index in [2.05, 4.69) is 0 Å². The molecule has 2 aromatic rings. The zero-order valence-electron chi connectivity index (χ0n) is 11.9. The van der Waals surface area contributed by atoms with Gasteiger partial charge in [-0.3, -0.25) is 4.79 Å². The Bertz CT molecular complexity index is 847. The highest BCUT2D eigenvalue weighted by Gasteiger charge is 2.27. The Hall–Kier alpha value is -2.40. The molecule has 0 amide bonds. The van der Waals surface area contributed by atoms with Gasteiger partial charge in [0.1, 0.15) is 5.76 Å². The van der Waals surface area contributed by atoms with E-state index >= 15 is 0 Å². The summed E-state index contributed by atoms with van der Waals surface area (Å²) in [5.74, 6) is 0.421. The summed E-state index contributed by atoms with van der Waals surface area (Å²) in [7, 11) is -3.24. The molecule has 112 valence electrons. The summed E-state index contributed by atoms with van der Waals surface area (Å²) < 4.78 is 28.5. The number of carbonyl (C=O) groups excluding carboxylic acids is 1. The predicted molar refractivity (Wildman–Crippen MR) is 83.8 cm³/mol. The maximum Gasteiger partial charge on any atom is 0.204 e. The first-order valence-corrected chi connectivity index (χ1v) is 8.62. The number of ether oxygens (including phenoxy) is 1. The molecule has 0 N–H and O–H groups in total. The third kappa shape index (κ3) is 2.67. The van der Waals surface area contributed by atoms with Crippen molar-refractivity contribution in [3.05, 3.63) is 65.7 Å². The van der Waals surface area contributed by atoms with Crippen molar-refractivity contribution in [1.82, 2.24) is 0 Å². The van der Waals surface area contributed by atoms with Crippen molar-refractivity contribution < 1.29 is 17.9 Å². The van der Waals surface area contributed by atoms with Crippen LogP contribution in [0, 0.1) is 0 Å². The molecule has 1 aliphatic rings. The topological polar surface area (TPSA) is 60.4 Å². The van der Waals surface area contributed by atoms with E-state index in [1.807, 2.05) is 30.3 Å². The van der Waals surface area contributed by atoms with Gasteiger partial charge in [0.2, 0.25) is 5.78 Å². The lowest BCUT2D eigenvalue weighted by molar-refractivity contribution is -0.114. The molecule has 0 unspecified atom stereocenters. The molecule has 0 saturated carbocycles. The Morgan fingerprint density at radius 2 is 1.55 bits per heavy atom. The third-order valence-electron chi connectivity index (χ3n) is 3.46. The van der Waals surface area contributed by atoms with Gasteiger partial charge in [-0.2, -0.15) is 0 Å². The average molecular weight is 314 g/mol. The van der Waals surface area contributed by atoms with Crippen LogP contribution < -0.4 is 0 Å². The van der Waals surface area contributed by atoms with Gasteiger partial charge in [0.15, 0.2) is 16.4 Å². The quantitative estimate of drug-likeness (QED) is 0.873. The van der Waals surface area contributed by atoms with E-state index in [4.69, 9.17) is 4.74 Å². The Balaban J connectivity index is 2.09. The summed E-state index contributed by atoms with van der Waals surface area (Å²) in [5.41, 5.74) is 2.02. The molecule has 5 heteroatoms. The van der Waals surface area contributed by atoms with Crippen molar-refractivity contribution in [2.45, 2.75) is 4.90 Å². The Kier molecular flexibility index (Phi) is 3.58. The lowest BCUT2D eigenvalue weighted by Gasteiger charge is -2.07. The van der Waals surface area contributed by atoms with E-state index < -0.39 is 9.84 Å². The molecule has 22 heavy (non-hydrogen) atoms. The second-order valence-electron chi connectivity index (χ2n) is 5.08. The zero-order chi connectivity index (χ0) is 15.7. The van der Waals surface area contributed by atoms with Crippen LogP contribution in [0.15, 0.2) is 59.5 Å². The number of hydrogen-bond acceptors (Lipinski definition) is 4. The fraction of sp³-hybridized carbons (Fsp3) is 0.118. The van der Waals surface area contributed by atoms with Gasteiger partial charge in [0.25, 0.3) is 0 Å². The molecular formula is C17H14O4S. The van der Waals surface area contributed by atoms with Gasteiger partial charge in [0.05, 0.1) is 10.5 Å². The van der Waals surface area contributed by atoms with E-state index in [1.165, 1.54) is 12.1 Å². The monoisotopic (exact) mass is 314 g/mol. The highest BCUT2D eigenvalue weighted by Crippen LogP contribution is 2.33. The molecule has 0 atom stereocenters. The molecule has 0 spiro atoms. The van der Waals surface area contributed by atoms with Crippen molar-refractivity contribution in [3.8, 4) is 0 Å². The molecule has 0 radical (unpaired) electrons. The number of ketones is 1. The van der Waals surface area contributed by atoms with Crippen LogP contribution in [0.2, 0.25) is 0 Å². The second-order valence-corrected chi connectivity index (χ2v) is 7.09. The van der Waals surface area contributed by atoms with Crippen molar-refractivity contribution in [3.63, 3.8) is 0 Å². The molecule has 4 nitrogen and oxygen atoms in total. The fourth-order valence-electron chi connectivity index (χ4n) is 2.39. The summed E-state index contributed by atoms with van der Waals surface area (Å²) in [6.07, 6.45) is 1.16. The first kappa shape index (κ1) is 14.5. The van der Waals surface area contributed by atoms with E-state index in [0.29, 0.717) is 16.9 Å². The molecular weight excluding hydrogens is 300 g/mol. The van der Waals surface area contributed by atoms with Gasteiger partial charge in [-0.05, 0) is 29.8 Å². The Morgan fingerprint density at radius 1 is 0.909 bits per heavy atom. The first-order valence-electron chi connectivity index (χ1n) is 6.73. The fourth-order valence-corrected chi connectivity index (χ4v) is 3.02. The van der Waals surface area contributed by atoms with Crippen LogP contribution >= 0.6 is 0 Å².